The van der Waals surface area contributed by atoms with Crippen molar-refractivity contribution >= 4 is 11.9 Å². The lowest BCUT2D eigenvalue weighted by Crippen LogP contribution is -2.27. The molecule has 6 nitrogen and oxygen atoms in total. The van der Waals surface area contributed by atoms with E-state index in [2.05, 4.69) is 29.4 Å². The number of nitrogens with zero attached hydrogens (tertiary/aromatic N) is 1. The summed E-state index contributed by atoms with van der Waals surface area (Å²) in [7, 11) is 0. The highest BCUT2D eigenvalue weighted by Gasteiger charge is 2.16. The molecule has 1 unspecified atom stereocenters. The van der Waals surface area contributed by atoms with E-state index < -0.39 is 5.97 Å². The molecule has 1 amide bonds. The van der Waals surface area contributed by atoms with Gasteiger partial charge in [0.05, 0.1) is 0 Å². The summed E-state index contributed by atoms with van der Waals surface area (Å²) in [5.41, 5.74) is 1.23. The van der Waals surface area contributed by atoms with Crippen molar-refractivity contribution in [2.24, 2.45) is 11.8 Å². The van der Waals surface area contributed by atoms with Crippen LogP contribution in [0.4, 0.5) is 0 Å². The number of aliphatic carboxylic acids is 1. The molecule has 1 heterocycles. The number of aromatic amines is 1. The van der Waals surface area contributed by atoms with Gasteiger partial charge in [0.1, 0.15) is 5.69 Å². The van der Waals surface area contributed by atoms with E-state index in [1.807, 2.05) is 6.92 Å². The lowest BCUT2D eigenvalue weighted by Gasteiger charge is -2.20. The SMILES string of the molecule is Cc1cc(C(=O)NCCC(CCC(=O)O)C(C)C)n[nH]1. The van der Waals surface area contributed by atoms with E-state index in [0.29, 0.717) is 30.5 Å². The number of carboxylic acids is 1. The standard InChI is InChI=1S/C14H23N3O3/c1-9(2)11(4-5-13(18)19)6-7-15-14(20)12-8-10(3)16-17-12/h8-9,11H,4-7H2,1-3H3,(H,15,20)(H,16,17)(H,18,19). The van der Waals surface area contributed by atoms with Gasteiger partial charge in [0.15, 0.2) is 0 Å². The predicted octanol–water partition coefficient (Wildman–Crippen LogP) is 1.98. The highest BCUT2D eigenvalue weighted by Crippen LogP contribution is 2.20. The van der Waals surface area contributed by atoms with Crippen molar-refractivity contribution in [2.45, 2.75) is 40.0 Å². The Morgan fingerprint density at radius 3 is 2.60 bits per heavy atom. The summed E-state index contributed by atoms with van der Waals surface area (Å²) in [6.45, 7) is 6.52. The topological polar surface area (TPSA) is 95.1 Å². The number of aromatic nitrogens is 2. The number of amides is 1. The third kappa shape index (κ3) is 5.42. The zero-order valence-corrected chi connectivity index (χ0v) is 12.3. The Morgan fingerprint density at radius 2 is 2.10 bits per heavy atom. The molecule has 0 fully saturated rings. The molecular formula is C14H23N3O3. The quantitative estimate of drug-likeness (QED) is 0.679. The first-order chi connectivity index (χ1) is 9.40. The van der Waals surface area contributed by atoms with Gasteiger partial charge in [0, 0.05) is 18.7 Å². The van der Waals surface area contributed by atoms with Crippen LogP contribution in [0, 0.1) is 18.8 Å². The first-order valence-electron chi connectivity index (χ1n) is 6.92. The fraction of sp³-hybridized carbons (Fsp3) is 0.643. The van der Waals surface area contributed by atoms with E-state index in [1.165, 1.54) is 0 Å². The molecule has 20 heavy (non-hydrogen) atoms. The van der Waals surface area contributed by atoms with Crippen LogP contribution < -0.4 is 5.32 Å². The molecule has 6 heteroatoms. The maximum Gasteiger partial charge on any atom is 0.303 e. The van der Waals surface area contributed by atoms with Crippen LogP contribution in [0.2, 0.25) is 0 Å². The predicted molar refractivity (Wildman–Crippen MR) is 75.5 cm³/mol. The van der Waals surface area contributed by atoms with Crippen molar-refractivity contribution in [1.29, 1.82) is 0 Å². The highest BCUT2D eigenvalue weighted by molar-refractivity contribution is 5.92. The molecule has 0 saturated carbocycles. The Kier molecular flexibility index (Phi) is 6.21. The Bertz CT molecular complexity index is 454. The third-order valence-corrected chi connectivity index (χ3v) is 3.41. The fourth-order valence-electron chi connectivity index (χ4n) is 2.12. The molecular weight excluding hydrogens is 258 g/mol. The largest absolute Gasteiger partial charge is 0.481 e. The molecule has 3 N–H and O–H groups in total. The second-order valence-electron chi connectivity index (χ2n) is 5.42. The van der Waals surface area contributed by atoms with Gasteiger partial charge in [0.2, 0.25) is 0 Å². The molecule has 1 rings (SSSR count). The Hall–Kier alpha value is -1.85. The number of rotatable bonds is 8. The average molecular weight is 281 g/mol. The fourth-order valence-corrected chi connectivity index (χ4v) is 2.12. The van der Waals surface area contributed by atoms with Crippen LogP contribution in [-0.4, -0.2) is 33.7 Å². The van der Waals surface area contributed by atoms with Gasteiger partial charge in [-0.3, -0.25) is 14.7 Å². The van der Waals surface area contributed by atoms with Crippen LogP contribution in [0.1, 0.15) is 49.3 Å². The van der Waals surface area contributed by atoms with Crippen molar-refractivity contribution in [2.75, 3.05) is 6.54 Å². The Balaban J connectivity index is 2.36. The molecule has 0 aliphatic heterocycles. The molecule has 112 valence electrons. The van der Waals surface area contributed by atoms with Crippen LogP contribution in [0.15, 0.2) is 6.07 Å². The first-order valence-corrected chi connectivity index (χ1v) is 6.92. The molecule has 1 aromatic heterocycles. The van der Waals surface area contributed by atoms with Crippen molar-refractivity contribution in [3.05, 3.63) is 17.5 Å². The lowest BCUT2D eigenvalue weighted by atomic mass is 9.88. The van der Waals surface area contributed by atoms with Crippen LogP contribution in [-0.2, 0) is 4.79 Å². The van der Waals surface area contributed by atoms with Crippen molar-refractivity contribution in [1.82, 2.24) is 15.5 Å². The van der Waals surface area contributed by atoms with Gasteiger partial charge in [-0.15, -0.1) is 0 Å². The molecule has 0 aliphatic carbocycles. The summed E-state index contributed by atoms with van der Waals surface area (Å²) in [5, 5.41) is 18.2. The lowest BCUT2D eigenvalue weighted by molar-refractivity contribution is -0.137. The Morgan fingerprint density at radius 1 is 1.40 bits per heavy atom. The zero-order valence-electron chi connectivity index (χ0n) is 12.3. The van der Waals surface area contributed by atoms with Crippen LogP contribution >= 0.6 is 0 Å². The molecule has 0 aliphatic rings. The van der Waals surface area contributed by atoms with Gasteiger partial charge < -0.3 is 10.4 Å². The van der Waals surface area contributed by atoms with Crippen LogP contribution in [0.3, 0.4) is 0 Å². The van der Waals surface area contributed by atoms with E-state index in [9.17, 15) is 9.59 Å². The number of hydrogen-bond acceptors (Lipinski definition) is 3. The second kappa shape index (κ2) is 7.67. The van der Waals surface area contributed by atoms with Crippen molar-refractivity contribution < 1.29 is 14.7 Å². The summed E-state index contributed by atoms with van der Waals surface area (Å²) in [4.78, 5) is 22.4. The summed E-state index contributed by atoms with van der Waals surface area (Å²) in [6, 6.07) is 1.69. The number of aryl methyl sites for hydroxylation is 1. The number of nitrogens with one attached hydrogen (secondary N) is 2. The molecule has 0 aromatic carbocycles. The highest BCUT2D eigenvalue weighted by atomic mass is 16.4. The van der Waals surface area contributed by atoms with E-state index in [0.717, 1.165) is 12.1 Å². The van der Waals surface area contributed by atoms with Gasteiger partial charge in [-0.1, -0.05) is 13.8 Å². The smallest absolute Gasteiger partial charge is 0.303 e. The Labute approximate surface area is 119 Å². The molecule has 1 atom stereocenters. The average Bonchev–Trinajstić information content (AvgIpc) is 2.79. The number of carboxylic acid groups (broad SMARTS) is 1. The first kappa shape index (κ1) is 16.2. The van der Waals surface area contributed by atoms with E-state index >= 15 is 0 Å². The minimum absolute atomic E-state index is 0.176. The van der Waals surface area contributed by atoms with E-state index in [-0.39, 0.29) is 12.3 Å². The maximum atomic E-state index is 11.8. The minimum atomic E-state index is -0.772. The third-order valence-electron chi connectivity index (χ3n) is 3.41. The van der Waals surface area contributed by atoms with Gasteiger partial charge in [-0.25, -0.2) is 0 Å². The molecule has 0 saturated heterocycles. The zero-order chi connectivity index (χ0) is 15.1. The van der Waals surface area contributed by atoms with E-state index in [1.54, 1.807) is 6.07 Å². The monoisotopic (exact) mass is 281 g/mol. The molecule has 0 spiro atoms. The molecule has 0 radical (unpaired) electrons. The van der Waals surface area contributed by atoms with E-state index in [4.69, 9.17) is 5.11 Å². The summed E-state index contributed by atoms with van der Waals surface area (Å²) in [5.74, 6) is -0.270. The van der Waals surface area contributed by atoms with Crippen molar-refractivity contribution in [3.63, 3.8) is 0 Å². The van der Waals surface area contributed by atoms with Gasteiger partial charge in [-0.05, 0) is 37.7 Å². The van der Waals surface area contributed by atoms with Crippen LogP contribution in [0.5, 0.6) is 0 Å². The van der Waals surface area contributed by atoms with Crippen LogP contribution in [0.25, 0.3) is 0 Å². The van der Waals surface area contributed by atoms with Gasteiger partial charge >= 0.3 is 5.97 Å². The summed E-state index contributed by atoms with van der Waals surface area (Å²) < 4.78 is 0. The molecule has 1 aromatic rings. The summed E-state index contributed by atoms with van der Waals surface area (Å²) in [6.07, 6.45) is 1.60. The normalized spacial score (nSPS) is 12.4. The molecule has 0 bridgehead atoms. The second-order valence-corrected chi connectivity index (χ2v) is 5.42. The summed E-state index contributed by atoms with van der Waals surface area (Å²) >= 11 is 0. The number of carbonyl (C=O) groups excluding carboxylic acids is 1. The number of H-pyrrole nitrogens is 1. The van der Waals surface area contributed by atoms with Gasteiger partial charge in [-0.2, -0.15) is 5.10 Å². The number of hydrogen-bond donors (Lipinski definition) is 3. The maximum absolute atomic E-state index is 11.8. The number of carbonyl (C=O) groups is 2. The van der Waals surface area contributed by atoms with Gasteiger partial charge in [0.25, 0.3) is 5.91 Å². The van der Waals surface area contributed by atoms with Crippen molar-refractivity contribution in [3.8, 4) is 0 Å². The minimum Gasteiger partial charge on any atom is -0.481 e.